The Labute approximate surface area is 113 Å². The van der Waals surface area contributed by atoms with Gasteiger partial charge >= 0.3 is 7.60 Å². The molecule has 103 valence electrons. The summed E-state index contributed by atoms with van der Waals surface area (Å²) < 4.78 is 25.1. The molecule has 1 radical (unpaired) electrons. The Bertz CT molecular complexity index is 596. The molecule has 0 aliphatic rings. The van der Waals surface area contributed by atoms with E-state index in [1.54, 1.807) is 0 Å². The molecule has 2 rings (SSSR count). The molecule has 0 aliphatic heterocycles. The summed E-state index contributed by atoms with van der Waals surface area (Å²) in [5.41, 5.74) is 1.90. The predicted molar refractivity (Wildman–Crippen MR) is 77.3 cm³/mol. The third kappa shape index (κ3) is 3.08. The van der Waals surface area contributed by atoms with Gasteiger partial charge < -0.3 is 13.6 Å². The van der Waals surface area contributed by atoms with E-state index in [0.29, 0.717) is 13.2 Å². The van der Waals surface area contributed by atoms with Crippen molar-refractivity contribution in [3.05, 3.63) is 42.9 Å². The lowest BCUT2D eigenvalue weighted by Gasteiger charge is -2.18. The van der Waals surface area contributed by atoms with Crippen LogP contribution in [0.4, 0.5) is 0 Å². The summed E-state index contributed by atoms with van der Waals surface area (Å²) in [6, 6.07) is 7.89. The summed E-state index contributed by atoms with van der Waals surface area (Å²) in [4.78, 5) is 0. The fraction of sp³-hybridized carbons (Fsp3) is 0.357. The highest BCUT2D eigenvalue weighted by Gasteiger charge is 2.25. The maximum atomic E-state index is 12.5. The fourth-order valence-electron chi connectivity index (χ4n) is 2.14. The van der Waals surface area contributed by atoms with E-state index in [4.69, 9.17) is 9.05 Å². The largest absolute Gasteiger partial charge is 0.350 e. The molecule has 0 aliphatic carbocycles. The van der Waals surface area contributed by atoms with Crippen LogP contribution < -0.4 is 0 Å². The van der Waals surface area contributed by atoms with Gasteiger partial charge in [-0.25, -0.2) is 0 Å². The summed E-state index contributed by atoms with van der Waals surface area (Å²) in [5.74, 6) is 0. The Morgan fingerprint density at radius 2 is 1.84 bits per heavy atom. The Hall–Kier alpha value is -1.09. The van der Waals surface area contributed by atoms with Crippen molar-refractivity contribution in [3.63, 3.8) is 0 Å². The van der Waals surface area contributed by atoms with Crippen molar-refractivity contribution in [2.75, 3.05) is 13.2 Å². The molecule has 0 amide bonds. The number of hydrogen-bond donors (Lipinski definition) is 0. The SMILES string of the molecule is [CH2]c1cn(CP(=O)(OCC)OCC)c2ccccc12. The molecule has 0 fully saturated rings. The van der Waals surface area contributed by atoms with Crippen molar-refractivity contribution in [2.24, 2.45) is 0 Å². The van der Waals surface area contributed by atoms with E-state index in [9.17, 15) is 4.57 Å². The van der Waals surface area contributed by atoms with E-state index in [1.807, 2.05) is 48.9 Å². The Morgan fingerprint density at radius 1 is 1.21 bits per heavy atom. The molecular formula is C14H19NO3P. The van der Waals surface area contributed by atoms with Gasteiger partial charge in [0.15, 0.2) is 0 Å². The molecule has 0 bridgehead atoms. The third-order valence-corrected chi connectivity index (χ3v) is 4.80. The van der Waals surface area contributed by atoms with E-state index < -0.39 is 7.60 Å². The van der Waals surface area contributed by atoms with Gasteiger partial charge in [0.25, 0.3) is 0 Å². The number of rotatable bonds is 6. The van der Waals surface area contributed by atoms with Crippen LogP contribution in [0.2, 0.25) is 0 Å². The first kappa shape index (κ1) is 14.3. The molecule has 2 aromatic rings. The zero-order chi connectivity index (χ0) is 13.9. The molecule has 4 nitrogen and oxygen atoms in total. The van der Waals surface area contributed by atoms with E-state index >= 15 is 0 Å². The van der Waals surface area contributed by atoms with Crippen molar-refractivity contribution in [1.82, 2.24) is 4.57 Å². The average molecular weight is 280 g/mol. The lowest BCUT2D eigenvalue weighted by atomic mass is 10.2. The fourth-order valence-corrected chi connectivity index (χ4v) is 3.77. The van der Waals surface area contributed by atoms with Gasteiger partial charge in [0.05, 0.1) is 13.2 Å². The topological polar surface area (TPSA) is 40.5 Å². The van der Waals surface area contributed by atoms with Crippen LogP contribution in [0.5, 0.6) is 0 Å². The standard InChI is InChI=1S/C14H19NO3P/c1-4-17-19(16,18-5-2)11-15-10-12(3)13-8-6-7-9-14(13)15/h6-10H,3-5,11H2,1-2H3. The first-order valence-electron chi connectivity index (χ1n) is 6.37. The molecule has 1 aromatic carbocycles. The molecule has 0 spiro atoms. The molecule has 5 heteroatoms. The van der Waals surface area contributed by atoms with E-state index in [0.717, 1.165) is 16.5 Å². The van der Waals surface area contributed by atoms with Gasteiger partial charge in [-0.2, -0.15) is 0 Å². The first-order chi connectivity index (χ1) is 9.09. The minimum Gasteiger partial charge on any atom is -0.335 e. The first-order valence-corrected chi connectivity index (χ1v) is 8.10. The van der Waals surface area contributed by atoms with Gasteiger partial charge in [-0.1, -0.05) is 18.2 Å². The normalized spacial score (nSPS) is 12.2. The van der Waals surface area contributed by atoms with Crippen LogP contribution in [-0.4, -0.2) is 17.8 Å². The van der Waals surface area contributed by atoms with Crippen molar-refractivity contribution in [3.8, 4) is 0 Å². The van der Waals surface area contributed by atoms with Gasteiger partial charge in [-0.05, 0) is 32.4 Å². The summed E-state index contributed by atoms with van der Waals surface area (Å²) in [6.07, 6.45) is 2.10. The number of benzene rings is 1. The quantitative estimate of drug-likeness (QED) is 0.749. The van der Waals surface area contributed by atoms with Crippen LogP contribution in [-0.2, 0) is 19.9 Å². The summed E-state index contributed by atoms with van der Waals surface area (Å²) in [7, 11) is -3.10. The van der Waals surface area contributed by atoms with Crippen LogP contribution in [0, 0.1) is 6.92 Å². The van der Waals surface area contributed by atoms with E-state index in [-0.39, 0.29) is 6.29 Å². The second-order valence-electron chi connectivity index (χ2n) is 4.23. The lowest BCUT2D eigenvalue weighted by Crippen LogP contribution is -2.04. The Balaban J connectivity index is 2.37. The molecule has 0 N–H and O–H groups in total. The second-order valence-corrected chi connectivity index (χ2v) is 6.25. The number of nitrogens with zero attached hydrogens (tertiary/aromatic N) is 1. The van der Waals surface area contributed by atoms with Crippen molar-refractivity contribution < 1.29 is 13.6 Å². The van der Waals surface area contributed by atoms with E-state index in [2.05, 4.69) is 6.92 Å². The van der Waals surface area contributed by atoms with Gasteiger partial charge in [0, 0.05) is 17.1 Å². The molecule has 0 unspecified atom stereocenters. The third-order valence-electron chi connectivity index (χ3n) is 2.85. The monoisotopic (exact) mass is 280 g/mol. The lowest BCUT2D eigenvalue weighted by molar-refractivity contribution is 0.214. The summed E-state index contributed by atoms with van der Waals surface area (Å²) >= 11 is 0. The van der Waals surface area contributed by atoms with Gasteiger partial charge in [-0.15, -0.1) is 0 Å². The molecule has 0 saturated carbocycles. The van der Waals surface area contributed by atoms with E-state index in [1.165, 1.54) is 0 Å². The second kappa shape index (κ2) is 5.91. The molecule has 0 saturated heterocycles. The van der Waals surface area contributed by atoms with Crippen LogP contribution in [0.3, 0.4) is 0 Å². The van der Waals surface area contributed by atoms with Crippen molar-refractivity contribution in [1.29, 1.82) is 0 Å². The van der Waals surface area contributed by atoms with Crippen LogP contribution in [0.1, 0.15) is 19.4 Å². The van der Waals surface area contributed by atoms with Crippen LogP contribution >= 0.6 is 7.60 Å². The number of hydrogen-bond acceptors (Lipinski definition) is 3. The van der Waals surface area contributed by atoms with Crippen LogP contribution in [0.25, 0.3) is 10.9 Å². The molecule has 1 heterocycles. The minimum absolute atomic E-state index is 0.213. The molecule has 1 aromatic heterocycles. The Kier molecular flexibility index (Phi) is 4.46. The number of para-hydroxylation sites is 1. The minimum atomic E-state index is -3.10. The van der Waals surface area contributed by atoms with Gasteiger partial charge in [0.2, 0.25) is 0 Å². The summed E-state index contributed by atoms with van der Waals surface area (Å²) in [5, 5.41) is 1.06. The van der Waals surface area contributed by atoms with Gasteiger partial charge in [-0.3, -0.25) is 4.57 Å². The maximum Gasteiger partial charge on any atom is 0.350 e. The maximum absolute atomic E-state index is 12.5. The van der Waals surface area contributed by atoms with Crippen molar-refractivity contribution >= 4 is 18.5 Å². The highest BCUT2D eigenvalue weighted by Crippen LogP contribution is 2.50. The van der Waals surface area contributed by atoms with Gasteiger partial charge in [0.1, 0.15) is 6.29 Å². The highest BCUT2D eigenvalue weighted by atomic mass is 31.2. The molecular weight excluding hydrogens is 261 g/mol. The Morgan fingerprint density at radius 3 is 2.47 bits per heavy atom. The summed E-state index contributed by atoms with van der Waals surface area (Å²) in [6.45, 7) is 8.36. The molecule has 0 atom stereocenters. The molecule has 19 heavy (non-hydrogen) atoms. The smallest absolute Gasteiger partial charge is 0.335 e. The van der Waals surface area contributed by atoms with Crippen LogP contribution in [0.15, 0.2) is 30.5 Å². The number of aromatic nitrogens is 1. The highest BCUT2D eigenvalue weighted by molar-refractivity contribution is 7.52. The zero-order valence-electron chi connectivity index (χ0n) is 11.3. The zero-order valence-corrected chi connectivity index (χ0v) is 12.2. The van der Waals surface area contributed by atoms with Crippen molar-refractivity contribution in [2.45, 2.75) is 20.1 Å². The number of fused-ring (bicyclic) bond motifs is 1. The predicted octanol–water partition coefficient (Wildman–Crippen LogP) is 4.05. The average Bonchev–Trinajstić information content (AvgIpc) is 2.67.